The standard InChI is InChI=1S/C16H20Cl2N2O3S/c17-12-6-4-5-11(15(12)18)16(21)19-13-9-24(22,23)10-14(13)20-7-2-1-3-8-20/h4-6,13-14H,1-3,7-10H2,(H,19,21). The number of carbonyl (C=O) groups excluding carboxylic acids is 1. The van der Waals surface area contributed by atoms with Crippen molar-refractivity contribution in [2.75, 3.05) is 24.6 Å². The van der Waals surface area contributed by atoms with Crippen LogP contribution in [0.25, 0.3) is 0 Å². The number of carbonyl (C=O) groups is 1. The predicted octanol–water partition coefficient (Wildman–Crippen LogP) is 2.37. The number of amides is 1. The van der Waals surface area contributed by atoms with E-state index in [4.69, 9.17) is 23.2 Å². The van der Waals surface area contributed by atoms with Gasteiger partial charge >= 0.3 is 0 Å². The Labute approximate surface area is 152 Å². The number of hydrogen-bond donors (Lipinski definition) is 1. The molecule has 1 N–H and O–H groups in total. The second-order valence-corrected chi connectivity index (χ2v) is 9.36. The average molecular weight is 391 g/mol. The molecule has 2 fully saturated rings. The minimum absolute atomic E-state index is 0.0297. The fourth-order valence-corrected chi connectivity index (χ4v) is 5.84. The minimum Gasteiger partial charge on any atom is -0.347 e. The van der Waals surface area contributed by atoms with E-state index in [1.807, 2.05) is 0 Å². The molecule has 3 rings (SSSR count). The first kappa shape index (κ1) is 18.0. The fraction of sp³-hybridized carbons (Fsp3) is 0.562. The zero-order chi connectivity index (χ0) is 17.3. The van der Waals surface area contributed by atoms with Crippen molar-refractivity contribution < 1.29 is 13.2 Å². The Balaban J connectivity index is 1.78. The van der Waals surface area contributed by atoms with Crippen LogP contribution in [0.4, 0.5) is 0 Å². The van der Waals surface area contributed by atoms with Gasteiger partial charge in [0.15, 0.2) is 9.84 Å². The van der Waals surface area contributed by atoms with Gasteiger partial charge in [0.1, 0.15) is 0 Å². The third kappa shape index (κ3) is 3.87. The molecule has 5 nitrogen and oxygen atoms in total. The van der Waals surface area contributed by atoms with Crippen molar-refractivity contribution in [3.63, 3.8) is 0 Å². The zero-order valence-corrected chi connectivity index (χ0v) is 15.5. The molecule has 24 heavy (non-hydrogen) atoms. The quantitative estimate of drug-likeness (QED) is 0.859. The maximum Gasteiger partial charge on any atom is 0.253 e. The molecule has 1 amide bonds. The number of sulfone groups is 1. The first-order valence-corrected chi connectivity index (χ1v) is 10.6. The van der Waals surface area contributed by atoms with Gasteiger partial charge in [-0.1, -0.05) is 35.7 Å². The summed E-state index contributed by atoms with van der Waals surface area (Å²) in [6.07, 6.45) is 3.31. The number of nitrogens with one attached hydrogen (secondary N) is 1. The van der Waals surface area contributed by atoms with Crippen molar-refractivity contribution in [3.8, 4) is 0 Å². The Morgan fingerprint density at radius 3 is 2.54 bits per heavy atom. The molecule has 0 radical (unpaired) electrons. The number of nitrogens with zero attached hydrogens (tertiary/aromatic N) is 1. The largest absolute Gasteiger partial charge is 0.347 e. The molecule has 2 atom stereocenters. The van der Waals surface area contributed by atoms with Crippen LogP contribution in [0.1, 0.15) is 29.6 Å². The number of benzene rings is 1. The van der Waals surface area contributed by atoms with Crippen molar-refractivity contribution in [1.82, 2.24) is 10.2 Å². The van der Waals surface area contributed by atoms with E-state index in [1.165, 1.54) is 6.42 Å². The molecule has 0 saturated carbocycles. The maximum atomic E-state index is 12.5. The third-order valence-electron chi connectivity index (χ3n) is 4.70. The number of likely N-dealkylation sites (tertiary alicyclic amines) is 1. The van der Waals surface area contributed by atoms with Crippen LogP contribution in [-0.4, -0.2) is 55.9 Å². The SMILES string of the molecule is O=C(NC1CS(=O)(=O)CC1N1CCCCC1)c1cccc(Cl)c1Cl. The Morgan fingerprint density at radius 1 is 1.12 bits per heavy atom. The van der Waals surface area contributed by atoms with E-state index in [0.717, 1.165) is 25.9 Å². The van der Waals surface area contributed by atoms with E-state index in [0.29, 0.717) is 5.02 Å². The van der Waals surface area contributed by atoms with Crippen molar-refractivity contribution in [2.24, 2.45) is 0 Å². The van der Waals surface area contributed by atoms with Crippen molar-refractivity contribution in [2.45, 2.75) is 31.3 Å². The molecule has 0 aliphatic carbocycles. The highest BCUT2D eigenvalue weighted by atomic mass is 35.5. The van der Waals surface area contributed by atoms with Crippen LogP contribution < -0.4 is 5.32 Å². The van der Waals surface area contributed by atoms with Crippen molar-refractivity contribution in [3.05, 3.63) is 33.8 Å². The summed E-state index contributed by atoms with van der Waals surface area (Å²) in [5, 5.41) is 3.35. The third-order valence-corrected chi connectivity index (χ3v) is 7.23. The van der Waals surface area contributed by atoms with E-state index in [9.17, 15) is 13.2 Å². The van der Waals surface area contributed by atoms with E-state index >= 15 is 0 Å². The first-order chi connectivity index (χ1) is 11.4. The molecule has 2 aliphatic heterocycles. The van der Waals surface area contributed by atoms with Crippen molar-refractivity contribution >= 4 is 38.9 Å². The summed E-state index contributed by atoms with van der Waals surface area (Å²) in [5.74, 6) is -0.314. The van der Waals surface area contributed by atoms with Gasteiger partial charge in [-0.05, 0) is 38.1 Å². The summed E-state index contributed by atoms with van der Waals surface area (Å²) in [4.78, 5) is 14.7. The fourth-order valence-electron chi connectivity index (χ4n) is 3.50. The van der Waals surface area contributed by atoms with Crippen LogP contribution in [0.3, 0.4) is 0 Å². The number of rotatable bonds is 3. The highest BCUT2D eigenvalue weighted by Crippen LogP contribution is 2.27. The Bertz CT molecular complexity index is 733. The second kappa shape index (κ2) is 7.20. The summed E-state index contributed by atoms with van der Waals surface area (Å²) in [7, 11) is -3.16. The molecule has 2 aliphatic rings. The number of piperidine rings is 1. The van der Waals surface area contributed by atoms with Crippen LogP contribution in [0, 0.1) is 0 Å². The summed E-state index contributed by atoms with van der Waals surface area (Å²) in [5.41, 5.74) is 0.269. The van der Waals surface area contributed by atoms with Gasteiger partial charge < -0.3 is 5.32 Å². The van der Waals surface area contributed by atoms with E-state index < -0.39 is 15.9 Å². The number of hydrogen-bond acceptors (Lipinski definition) is 4. The van der Waals surface area contributed by atoms with Crippen LogP contribution in [0.2, 0.25) is 10.0 Å². The first-order valence-electron chi connectivity index (χ1n) is 8.07. The molecule has 2 unspecified atom stereocenters. The van der Waals surface area contributed by atoms with Gasteiger partial charge in [-0.3, -0.25) is 9.69 Å². The summed E-state index contributed by atoms with van der Waals surface area (Å²) in [6, 6.07) is 4.25. The van der Waals surface area contributed by atoms with Crippen LogP contribution in [0.15, 0.2) is 18.2 Å². The minimum atomic E-state index is -3.16. The van der Waals surface area contributed by atoms with E-state index in [1.54, 1.807) is 18.2 Å². The lowest BCUT2D eigenvalue weighted by molar-refractivity contribution is 0.0900. The van der Waals surface area contributed by atoms with Gasteiger partial charge in [-0.15, -0.1) is 0 Å². The Kier molecular flexibility index (Phi) is 5.39. The highest BCUT2D eigenvalue weighted by molar-refractivity contribution is 7.91. The van der Waals surface area contributed by atoms with Gasteiger partial charge in [0.2, 0.25) is 0 Å². The van der Waals surface area contributed by atoms with E-state index in [2.05, 4.69) is 10.2 Å². The Morgan fingerprint density at radius 2 is 1.83 bits per heavy atom. The summed E-state index contributed by atoms with van der Waals surface area (Å²) in [6.45, 7) is 1.76. The topological polar surface area (TPSA) is 66.5 Å². The lowest BCUT2D eigenvalue weighted by atomic mass is 10.0. The smallest absolute Gasteiger partial charge is 0.253 e. The molecule has 0 aromatic heterocycles. The second-order valence-electron chi connectivity index (χ2n) is 6.42. The molecule has 1 aromatic carbocycles. The molecule has 2 saturated heterocycles. The maximum absolute atomic E-state index is 12.5. The molecule has 0 spiro atoms. The van der Waals surface area contributed by atoms with Crippen LogP contribution in [0.5, 0.6) is 0 Å². The van der Waals surface area contributed by atoms with E-state index in [-0.39, 0.29) is 34.0 Å². The van der Waals surface area contributed by atoms with Gasteiger partial charge in [0, 0.05) is 6.04 Å². The van der Waals surface area contributed by atoms with Gasteiger partial charge in [-0.25, -0.2) is 8.42 Å². The predicted molar refractivity (Wildman–Crippen MR) is 95.6 cm³/mol. The number of halogens is 2. The zero-order valence-electron chi connectivity index (χ0n) is 13.2. The summed E-state index contributed by atoms with van der Waals surface area (Å²) >= 11 is 12.0. The molecule has 132 valence electrons. The lowest BCUT2D eigenvalue weighted by Gasteiger charge is -2.35. The van der Waals surface area contributed by atoms with Crippen LogP contribution in [-0.2, 0) is 9.84 Å². The highest BCUT2D eigenvalue weighted by Gasteiger charge is 2.42. The normalized spacial score (nSPS) is 27.1. The molecule has 1 aromatic rings. The van der Waals surface area contributed by atoms with Gasteiger partial charge in [0.05, 0.1) is 33.2 Å². The lowest BCUT2D eigenvalue weighted by Crippen LogP contribution is -2.52. The average Bonchev–Trinajstić information content (AvgIpc) is 2.85. The molecular weight excluding hydrogens is 371 g/mol. The van der Waals surface area contributed by atoms with Gasteiger partial charge in [-0.2, -0.15) is 0 Å². The molecule has 0 bridgehead atoms. The molecular formula is C16H20Cl2N2O3S. The molecule has 8 heteroatoms. The monoisotopic (exact) mass is 390 g/mol. The van der Waals surface area contributed by atoms with Gasteiger partial charge in [0.25, 0.3) is 5.91 Å². The van der Waals surface area contributed by atoms with Crippen LogP contribution >= 0.6 is 23.2 Å². The Hall–Kier alpha value is -0.820. The molecule has 2 heterocycles. The van der Waals surface area contributed by atoms with Crippen molar-refractivity contribution in [1.29, 1.82) is 0 Å². The summed E-state index contributed by atoms with van der Waals surface area (Å²) < 4.78 is 24.2.